The Morgan fingerprint density at radius 2 is 1.85 bits per heavy atom. The molecule has 1 aliphatic heterocycles. The number of rotatable bonds is 5. The number of hydrogen-bond acceptors (Lipinski definition) is 6. The second kappa shape index (κ2) is 7.12. The van der Waals surface area contributed by atoms with Gasteiger partial charge in [0.1, 0.15) is 24.4 Å². The second-order valence-electron chi connectivity index (χ2n) is 4.70. The van der Waals surface area contributed by atoms with Gasteiger partial charge >= 0.3 is 0 Å². The Hall–Kier alpha value is -1.02. The average Bonchev–Trinajstić information content (AvgIpc) is 2.48. The van der Waals surface area contributed by atoms with E-state index in [-0.39, 0.29) is 13.2 Å². The van der Waals surface area contributed by atoms with Gasteiger partial charge in [0.05, 0.1) is 13.2 Å². The van der Waals surface area contributed by atoms with Crippen LogP contribution in [0, 0.1) is 0 Å². The van der Waals surface area contributed by atoms with E-state index in [0.29, 0.717) is 0 Å². The highest BCUT2D eigenvalue weighted by Gasteiger charge is 2.45. The molecule has 1 heterocycles. The predicted molar refractivity (Wildman–Crippen MR) is 69.8 cm³/mol. The summed E-state index contributed by atoms with van der Waals surface area (Å²) in [5, 5.41) is 29.3. The first-order chi connectivity index (χ1) is 9.67. The molecule has 0 radical (unpaired) electrons. The van der Waals surface area contributed by atoms with Gasteiger partial charge in [-0.05, 0) is 5.56 Å². The molecule has 1 aromatic carbocycles. The lowest BCUT2D eigenvalue weighted by molar-refractivity contribution is -0.303. The molecule has 112 valence electrons. The molecule has 0 spiro atoms. The van der Waals surface area contributed by atoms with E-state index in [0.717, 1.165) is 5.56 Å². The van der Waals surface area contributed by atoms with E-state index < -0.39 is 30.7 Å². The highest BCUT2D eigenvalue weighted by molar-refractivity contribution is 5.13. The van der Waals surface area contributed by atoms with E-state index in [1.807, 2.05) is 30.3 Å². The molecular formula is C14H20O6. The first kappa shape index (κ1) is 15.4. The third-order valence-electron chi connectivity index (χ3n) is 3.34. The minimum absolute atomic E-state index is 0.244. The molecule has 0 saturated carbocycles. The number of benzene rings is 1. The van der Waals surface area contributed by atoms with Crippen molar-refractivity contribution < 1.29 is 29.5 Å². The molecule has 2 rings (SSSR count). The summed E-state index contributed by atoms with van der Waals surface area (Å²) < 4.78 is 15.8. The highest BCUT2D eigenvalue weighted by atomic mass is 16.7. The second-order valence-corrected chi connectivity index (χ2v) is 4.70. The van der Waals surface area contributed by atoms with Gasteiger partial charge < -0.3 is 29.5 Å². The van der Waals surface area contributed by atoms with Crippen LogP contribution in [0.5, 0.6) is 0 Å². The third kappa shape index (κ3) is 3.35. The molecule has 0 amide bonds. The van der Waals surface area contributed by atoms with Crippen molar-refractivity contribution in [1.29, 1.82) is 0 Å². The van der Waals surface area contributed by atoms with Crippen molar-refractivity contribution in [3.63, 3.8) is 0 Å². The SMILES string of the molecule is CO[C@@H]1OC(CO)[C@H](O)C(OCc2ccccc2)C1O. The lowest BCUT2D eigenvalue weighted by Crippen LogP contribution is -2.59. The zero-order chi connectivity index (χ0) is 14.5. The summed E-state index contributed by atoms with van der Waals surface area (Å²) in [6, 6.07) is 9.42. The van der Waals surface area contributed by atoms with Crippen molar-refractivity contribution in [2.75, 3.05) is 13.7 Å². The van der Waals surface area contributed by atoms with E-state index in [4.69, 9.17) is 14.2 Å². The molecule has 1 fully saturated rings. The highest BCUT2D eigenvalue weighted by Crippen LogP contribution is 2.24. The van der Waals surface area contributed by atoms with Gasteiger partial charge in [-0.1, -0.05) is 30.3 Å². The zero-order valence-corrected chi connectivity index (χ0v) is 11.3. The number of aliphatic hydroxyl groups excluding tert-OH is 3. The van der Waals surface area contributed by atoms with Gasteiger partial charge in [-0.3, -0.25) is 0 Å². The smallest absolute Gasteiger partial charge is 0.186 e. The van der Waals surface area contributed by atoms with Crippen molar-refractivity contribution in [3.8, 4) is 0 Å². The lowest BCUT2D eigenvalue weighted by atomic mass is 9.99. The largest absolute Gasteiger partial charge is 0.394 e. The van der Waals surface area contributed by atoms with Crippen molar-refractivity contribution in [2.24, 2.45) is 0 Å². The van der Waals surface area contributed by atoms with E-state index in [1.54, 1.807) is 0 Å². The molecule has 3 N–H and O–H groups in total. The van der Waals surface area contributed by atoms with Crippen molar-refractivity contribution >= 4 is 0 Å². The standard InChI is InChI=1S/C14H20O6/c1-18-14-12(17)13(11(16)10(7-15)20-14)19-8-9-5-3-2-4-6-9/h2-6,10-17H,7-8H2,1H3/t10?,11-,12?,13?,14+/m0/s1. The van der Waals surface area contributed by atoms with Crippen molar-refractivity contribution in [3.05, 3.63) is 35.9 Å². The van der Waals surface area contributed by atoms with Crippen LogP contribution >= 0.6 is 0 Å². The fourth-order valence-electron chi connectivity index (χ4n) is 2.21. The number of aliphatic hydroxyl groups is 3. The summed E-state index contributed by atoms with van der Waals surface area (Å²) in [5.41, 5.74) is 0.924. The summed E-state index contributed by atoms with van der Waals surface area (Å²) in [4.78, 5) is 0. The summed E-state index contributed by atoms with van der Waals surface area (Å²) in [6.45, 7) is -0.132. The zero-order valence-electron chi connectivity index (χ0n) is 11.3. The van der Waals surface area contributed by atoms with Crippen LogP contribution in [0.2, 0.25) is 0 Å². The lowest BCUT2D eigenvalue weighted by Gasteiger charge is -2.41. The van der Waals surface area contributed by atoms with Crippen molar-refractivity contribution in [1.82, 2.24) is 0 Å². The molecule has 6 nitrogen and oxygen atoms in total. The monoisotopic (exact) mass is 284 g/mol. The average molecular weight is 284 g/mol. The van der Waals surface area contributed by atoms with E-state index in [9.17, 15) is 15.3 Å². The van der Waals surface area contributed by atoms with E-state index in [1.165, 1.54) is 7.11 Å². The Bertz CT molecular complexity index is 382. The van der Waals surface area contributed by atoms with Gasteiger partial charge in [0.25, 0.3) is 0 Å². The van der Waals surface area contributed by atoms with Gasteiger partial charge in [-0.2, -0.15) is 0 Å². The van der Waals surface area contributed by atoms with Crippen LogP contribution in [-0.4, -0.2) is 59.7 Å². The normalized spacial score (nSPS) is 34.1. The first-order valence-electron chi connectivity index (χ1n) is 6.48. The first-order valence-corrected chi connectivity index (χ1v) is 6.48. The number of methoxy groups -OCH3 is 1. The molecule has 1 aromatic rings. The Kier molecular flexibility index (Phi) is 5.47. The molecule has 0 bridgehead atoms. The Morgan fingerprint density at radius 3 is 2.45 bits per heavy atom. The van der Waals surface area contributed by atoms with Crippen LogP contribution in [0.25, 0.3) is 0 Å². The quantitative estimate of drug-likeness (QED) is 0.685. The van der Waals surface area contributed by atoms with Gasteiger partial charge in [-0.15, -0.1) is 0 Å². The maximum atomic E-state index is 10.1. The van der Waals surface area contributed by atoms with Crippen LogP contribution in [-0.2, 0) is 20.8 Å². The van der Waals surface area contributed by atoms with Gasteiger partial charge in [0.15, 0.2) is 6.29 Å². The van der Waals surface area contributed by atoms with Crippen LogP contribution in [0.4, 0.5) is 0 Å². The Balaban J connectivity index is 2.02. The molecule has 1 aliphatic rings. The molecule has 3 unspecified atom stereocenters. The van der Waals surface area contributed by atoms with Crippen molar-refractivity contribution in [2.45, 2.75) is 37.3 Å². The Morgan fingerprint density at radius 1 is 1.15 bits per heavy atom. The summed E-state index contributed by atoms with van der Waals surface area (Å²) in [6.07, 6.45) is -4.90. The molecule has 6 heteroatoms. The van der Waals surface area contributed by atoms with Crippen LogP contribution < -0.4 is 0 Å². The third-order valence-corrected chi connectivity index (χ3v) is 3.34. The fourth-order valence-corrected chi connectivity index (χ4v) is 2.21. The Labute approximate surface area is 117 Å². The fraction of sp³-hybridized carbons (Fsp3) is 0.571. The summed E-state index contributed by atoms with van der Waals surface area (Å²) >= 11 is 0. The van der Waals surface area contributed by atoms with E-state index >= 15 is 0 Å². The molecule has 1 saturated heterocycles. The van der Waals surface area contributed by atoms with Gasteiger partial charge in [0.2, 0.25) is 0 Å². The predicted octanol–water partition coefficient (Wildman–Crippen LogP) is -0.343. The van der Waals surface area contributed by atoms with Gasteiger partial charge in [0, 0.05) is 7.11 Å². The van der Waals surface area contributed by atoms with Crippen LogP contribution in [0.15, 0.2) is 30.3 Å². The summed E-state index contributed by atoms with van der Waals surface area (Å²) in [7, 11) is 1.38. The molecule has 0 aromatic heterocycles. The van der Waals surface area contributed by atoms with Crippen LogP contribution in [0.3, 0.4) is 0 Å². The maximum absolute atomic E-state index is 10.1. The minimum Gasteiger partial charge on any atom is -0.394 e. The molecule has 0 aliphatic carbocycles. The van der Waals surface area contributed by atoms with Gasteiger partial charge in [-0.25, -0.2) is 0 Å². The number of ether oxygens (including phenoxy) is 3. The topological polar surface area (TPSA) is 88.4 Å². The molecular weight excluding hydrogens is 264 g/mol. The molecule has 20 heavy (non-hydrogen) atoms. The number of hydrogen-bond donors (Lipinski definition) is 3. The molecule has 5 atom stereocenters. The summed E-state index contributed by atoms with van der Waals surface area (Å²) in [5.74, 6) is 0. The minimum atomic E-state index is -1.12. The van der Waals surface area contributed by atoms with E-state index in [2.05, 4.69) is 0 Å². The van der Waals surface area contributed by atoms with Crippen LogP contribution in [0.1, 0.15) is 5.56 Å². The maximum Gasteiger partial charge on any atom is 0.186 e.